The molecule has 3 heterocycles. The average molecular weight is 501 g/mol. The van der Waals surface area contributed by atoms with Crippen molar-refractivity contribution in [1.82, 2.24) is 14.4 Å². The third-order valence-corrected chi connectivity index (χ3v) is 8.04. The van der Waals surface area contributed by atoms with Crippen molar-refractivity contribution in [2.75, 3.05) is 25.0 Å². The highest BCUT2D eigenvalue weighted by molar-refractivity contribution is 7.89. The van der Waals surface area contributed by atoms with Gasteiger partial charge < -0.3 is 19.6 Å². The number of piperidine rings is 1. The normalized spacial score (nSPS) is 16.7. The van der Waals surface area contributed by atoms with Gasteiger partial charge in [-0.25, -0.2) is 13.2 Å². The fourth-order valence-electron chi connectivity index (χ4n) is 4.39. The number of amides is 1. The van der Waals surface area contributed by atoms with Crippen LogP contribution in [0, 0.1) is 19.8 Å². The number of rotatable bonds is 7. The molecule has 1 aliphatic rings. The Bertz CT molecular complexity index is 1330. The zero-order valence-corrected chi connectivity index (χ0v) is 20.6. The summed E-state index contributed by atoms with van der Waals surface area (Å²) >= 11 is 0. The summed E-state index contributed by atoms with van der Waals surface area (Å²) in [7, 11) is -4.04. The molecule has 0 bridgehead atoms. The summed E-state index contributed by atoms with van der Waals surface area (Å²) in [4.78, 5) is 28.4. The number of H-pyrrole nitrogens is 1. The van der Waals surface area contributed by atoms with Crippen LogP contribution < -0.4 is 5.32 Å². The molecule has 11 heteroatoms. The monoisotopic (exact) mass is 500 g/mol. The zero-order valence-electron chi connectivity index (χ0n) is 19.8. The lowest BCUT2D eigenvalue weighted by Gasteiger charge is -2.31. The van der Waals surface area contributed by atoms with Crippen molar-refractivity contribution in [2.45, 2.75) is 38.5 Å². The topological polar surface area (TPSA) is 135 Å². The molecule has 1 saturated heterocycles. The maximum atomic E-state index is 13.6. The highest BCUT2D eigenvalue weighted by atomic mass is 32.2. The zero-order chi connectivity index (χ0) is 25.2. The van der Waals surface area contributed by atoms with E-state index in [9.17, 15) is 18.0 Å². The van der Waals surface area contributed by atoms with E-state index in [4.69, 9.17) is 9.26 Å². The van der Waals surface area contributed by atoms with E-state index in [2.05, 4.69) is 15.5 Å². The van der Waals surface area contributed by atoms with E-state index in [0.29, 0.717) is 35.7 Å². The van der Waals surface area contributed by atoms with Crippen LogP contribution in [0.5, 0.6) is 0 Å². The van der Waals surface area contributed by atoms with E-state index in [1.54, 1.807) is 51.2 Å². The van der Waals surface area contributed by atoms with Gasteiger partial charge in [-0.3, -0.25) is 4.79 Å². The highest BCUT2D eigenvalue weighted by Crippen LogP contribution is 2.31. The fraction of sp³-hybridized carbons (Fsp3) is 0.375. The molecule has 0 saturated carbocycles. The molecule has 1 amide bonds. The van der Waals surface area contributed by atoms with Crippen molar-refractivity contribution >= 4 is 27.6 Å². The first-order chi connectivity index (χ1) is 16.7. The van der Waals surface area contributed by atoms with Crippen molar-refractivity contribution in [3.05, 3.63) is 53.5 Å². The van der Waals surface area contributed by atoms with Crippen LogP contribution in [0.1, 0.15) is 41.5 Å². The van der Waals surface area contributed by atoms with Gasteiger partial charge in [-0.1, -0.05) is 17.3 Å². The first-order valence-corrected chi connectivity index (χ1v) is 12.8. The van der Waals surface area contributed by atoms with Crippen LogP contribution in [0.2, 0.25) is 0 Å². The number of carbonyl (C=O) groups excluding carboxylic acids is 2. The minimum absolute atomic E-state index is 0.0140. The molecule has 4 rings (SSSR count). The Morgan fingerprint density at radius 3 is 2.77 bits per heavy atom. The van der Waals surface area contributed by atoms with Crippen LogP contribution in [0.15, 0.2) is 45.9 Å². The Hall–Kier alpha value is -3.44. The molecular formula is C24H28N4O6S. The lowest BCUT2D eigenvalue weighted by molar-refractivity contribution is -0.120. The summed E-state index contributed by atoms with van der Waals surface area (Å²) in [5.41, 5.74) is 2.14. The van der Waals surface area contributed by atoms with E-state index in [1.807, 2.05) is 6.07 Å². The summed E-state index contributed by atoms with van der Waals surface area (Å²) in [6.07, 6.45) is 2.61. The molecule has 1 atom stereocenters. The highest BCUT2D eigenvalue weighted by Gasteiger charge is 2.38. The van der Waals surface area contributed by atoms with Crippen molar-refractivity contribution in [3.63, 3.8) is 0 Å². The molecule has 0 spiro atoms. The van der Waals surface area contributed by atoms with Crippen molar-refractivity contribution in [1.29, 1.82) is 0 Å². The number of ether oxygens (including phenoxy) is 1. The summed E-state index contributed by atoms with van der Waals surface area (Å²) < 4.78 is 38.8. The number of esters is 1. The van der Waals surface area contributed by atoms with Crippen LogP contribution >= 0.6 is 0 Å². The molecule has 35 heavy (non-hydrogen) atoms. The van der Waals surface area contributed by atoms with Crippen molar-refractivity contribution < 1.29 is 27.3 Å². The number of nitrogens with zero attached hydrogens (tertiary/aromatic N) is 2. The molecule has 10 nitrogen and oxygen atoms in total. The molecule has 1 aromatic carbocycles. The number of carbonyl (C=O) groups is 2. The SMILES string of the molecule is CCOC(=O)c1c(C)[nH]c(C)c1S(=O)(=O)N1CCC[C@H](C(=O)Nc2cccc(-c3ccno3)c2)C1. The quantitative estimate of drug-likeness (QED) is 0.474. The van der Waals surface area contributed by atoms with Crippen LogP contribution in [0.3, 0.4) is 0 Å². The van der Waals surface area contributed by atoms with Crippen LogP contribution in [0.25, 0.3) is 11.3 Å². The number of hydrogen-bond acceptors (Lipinski definition) is 7. The molecule has 2 aromatic heterocycles. The van der Waals surface area contributed by atoms with Crippen molar-refractivity contribution in [3.8, 4) is 11.3 Å². The minimum atomic E-state index is -4.04. The number of nitrogens with one attached hydrogen (secondary N) is 2. The Kier molecular flexibility index (Phi) is 7.08. The first-order valence-electron chi connectivity index (χ1n) is 11.4. The van der Waals surface area contributed by atoms with Crippen LogP contribution in [-0.4, -0.2) is 54.4 Å². The number of benzene rings is 1. The number of aromatic amines is 1. The standard InChI is InChI=1S/C24H28N4O6S/c1-4-33-24(30)21-15(2)26-16(3)22(21)35(31,32)28-12-6-8-18(14-28)23(29)27-19-9-5-7-17(13-19)20-10-11-25-34-20/h5,7,9-11,13,18,26H,4,6,8,12,14H2,1-3H3,(H,27,29)/t18-/m0/s1. The number of sulfonamides is 1. The Labute approximate surface area is 203 Å². The second kappa shape index (κ2) is 10.0. The van der Waals surface area contributed by atoms with Gasteiger partial charge in [0.1, 0.15) is 10.5 Å². The summed E-state index contributed by atoms with van der Waals surface area (Å²) in [6, 6.07) is 8.88. The van der Waals surface area contributed by atoms with E-state index in [1.165, 1.54) is 4.31 Å². The number of anilines is 1. The van der Waals surface area contributed by atoms with Gasteiger partial charge in [0, 0.05) is 41.8 Å². The van der Waals surface area contributed by atoms with E-state index >= 15 is 0 Å². The summed E-state index contributed by atoms with van der Waals surface area (Å²) in [6.45, 7) is 5.32. The van der Waals surface area contributed by atoms with Gasteiger partial charge in [-0.05, 0) is 45.7 Å². The molecule has 186 valence electrons. The second-order valence-corrected chi connectivity index (χ2v) is 10.3. The van der Waals surface area contributed by atoms with Crippen molar-refractivity contribution in [2.24, 2.45) is 5.92 Å². The summed E-state index contributed by atoms with van der Waals surface area (Å²) in [5.74, 6) is -0.928. The fourth-order valence-corrected chi connectivity index (χ4v) is 6.33. The molecular weight excluding hydrogens is 472 g/mol. The third-order valence-electron chi connectivity index (χ3n) is 6.00. The maximum absolute atomic E-state index is 13.6. The van der Waals surface area contributed by atoms with Crippen LogP contribution in [0.4, 0.5) is 5.69 Å². The molecule has 2 N–H and O–H groups in total. The smallest absolute Gasteiger partial charge is 0.341 e. The Morgan fingerprint density at radius 1 is 1.26 bits per heavy atom. The van der Waals surface area contributed by atoms with Gasteiger partial charge in [0.05, 0.1) is 18.7 Å². The van der Waals surface area contributed by atoms with Gasteiger partial charge in [-0.2, -0.15) is 4.31 Å². The third kappa shape index (κ3) is 5.01. The minimum Gasteiger partial charge on any atom is -0.462 e. The number of aryl methyl sites for hydroxylation is 2. The number of hydrogen-bond donors (Lipinski definition) is 2. The molecule has 0 radical (unpaired) electrons. The lowest BCUT2D eigenvalue weighted by Crippen LogP contribution is -2.44. The number of aromatic nitrogens is 2. The predicted octanol–water partition coefficient (Wildman–Crippen LogP) is 3.50. The lowest BCUT2D eigenvalue weighted by atomic mass is 9.98. The molecule has 0 aliphatic carbocycles. The largest absolute Gasteiger partial charge is 0.462 e. The van der Waals surface area contributed by atoms with Gasteiger partial charge in [-0.15, -0.1) is 0 Å². The summed E-state index contributed by atoms with van der Waals surface area (Å²) in [5, 5.41) is 6.58. The van der Waals surface area contributed by atoms with E-state index in [0.717, 1.165) is 5.56 Å². The molecule has 3 aromatic rings. The average Bonchev–Trinajstić information content (AvgIpc) is 3.47. The Balaban J connectivity index is 1.53. The van der Waals surface area contributed by atoms with Crippen LogP contribution in [-0.2, 0) is 19.6 Å². The van der Waals surface area contributed by atoms with Gasteiger partial charge in [0.15, 0.2) is 5.76 Å². The van der Waals surface area contributed by atoms with Gasteiger partial charge in [0.2, 0.25) is 15.9 Å². The molecule has 1 aliphatic heterocycles. The molecule has 1 fully saturated rings. The molecule has 0 unspecified atom stereocenters. The predicted molar refractivity (Wildman–Crippen MR) is 128 cm³/mol. The van der Waals surface area contributed by atoms with Gasteiger partial charge >= 0.3 is 5.97 Å². The van der Waals surface area contributed by atoms with Gasteiger partial charge in [0.25, 0.3) is 0 Å². The van der Waals surface area contributed by atoms with E-state index < -0.39 is 21.9 Å². The maximum Gasteiger partial charge on any atom is 0.341 e. The Morgan fingerprint density at radius 2 is 2.06 bits per heavy atom. The second-order valence-electron chi connectivity index (χ2n) is 8.45. The van der Waals surface area contributed by atoms with E-state index in [-0.39, 0.29) is 36.1 Å². The first kappa shape index (κ1) is 24.7.